The minimum atomic E-state index is 0.674. The number of thiophene rings is 1. The lowest BCUT2D eigenvalue weighted by molar-refractivity contribution is 0.535. The van der Waals surface area contributed by atoms with Crippen LogP contribution in [0.5, 0.6) is 0 Å². The molecule has 0 fully saturated rings. The van der Waals surface area contributed by atoms with Crippen molar-refractivity contribution in [2.24, 2.45) is 7.05 Å². The van der Waals surface area contributed by atoms with Crippen molar-refractivity contribution < 1.29 is 4.42 Å². The van der Waals surface area contributed by atoms with Crippen LogP contribution in [0.2, 0.25) is 0 Å². The van der Waals surface area contributed by atoms with E-state index >= 15 is 0 Å². The van der Waals surface area contributed by atoms with E-state index in [-0.39, 0.29) is 0 Å². The maximum Gasteiger partial charge on any atom is 0.130 e. The molecule has 3 heterocycles. The highest BCUT2D eigenvalue weighted by molar-refractivity contribution is 7.13. The van der Waals surface area contributed by atoms with Crippen molar-refractivity contribution in [2.45, 2.75) is 6.92 Å². The Hall–Kier alpha value is -2.01. The molecule has 0 amide bonds. The Balaban J connectivity index is 2.28. The van der Waals surface area contributed by atoms with Crippen LogP contribution in [-0.2, 0) is 7.05 Å². The van der Waals surface area contributed by atoms with Crippen molar-refractivity contribution in [1.29, 1.82) is 0 Å². The van der Waals surface area contributed by atoms with Gasteiger partial charge in [-0.3, -0.25) is 4.68 Å². The van der Waals surface area contributed by atoms with Crippen LogP contribution in [0, 0.1) is 6.92 Å². The summed E-state index contributed by atoms with van der Waals surface area (Å²) in [5, 5.41) is 6.54. The first kappa shape index (κ1) is 11.1. The average Bonchev–Trinajstić information content (AvgIpc) is 3.02. The summed E-state index contributed by atoms with van der Waals surface area (Å²) in [5.41, 5.74) is 8.98. The molecule has 3 aromatic heterocycles. The van der Waals surface area contributed by atoms with Gasteiger partial charge < -0.3 is 10.2 Å². The molecule has 4 nitrogen and oxygen atoms in total. The number of rotatable bonds is 2. The molecule has 0 bridgehead atoms. The van der Waals surface area contributed by atoms with Gasteiger partial charge in [-0.15, -0.1) is 11.3 Å². The number of nitrogens with two attached hydrogens (primary N) is 1. The molecule has 18 heavy (non-hydrogen) atoms. The standard InChI is InChI=1S/C13H13N3OS/c1-8-9(5-6-17-8)12-11(10-4-3-7-18-10)13(14)16(2)15-12/h3-7H,14H2,1-2H3. The molecule has 5 heteroatoms. The third-order valence-corrected chi connectivity index (χ3v) is 3.86. The maximum absolute atomic E-state index is 6.13. The number of hydrogen-bond acceptors (Lipinski definition) is 4. The van der Waals surface area contributed by atoms with Gasteiger partial charge >= 0.3 is 0 Å². The summed E-state index contributed by atoms with van der Waals surface area (Å²) in [6, 6.07) is 5.99. The summed E-state index contributed by atoms with van der Waals surface area (Å²) in [6.07, 6.45) is 1.67. The van der Waals surface area contributed by atoms with E-state index in [4.69, 9.17) is 10.2 Å². The molecule has 0 atom stereocenters. The van der Waals surface area contributed by atoms with Crippen LogP contribution >= 0.6 is 11.3 Å². The fraction of sp³-hybridized carbons (Fsp3) is 0.154. The van der Waals surface area contributed by atoms with Crippen molar-refractivity contribution in [1.82, 2.24) is 9.78 Å². The van der Waals surface area contributed by atoms with Crippen LogP contribution < -0.4 is 5.73 Å². The molecule has 92 valence electrons. The molecule has 2 N–H and O–H groups in total. The van der Waals surface area contributed by atoms with Crippen LogP contribution in [0.25, 0.3) is 21.7 Å². The smallest absolute Gasteiger partial charge is 0.130 e. The molecule has 0 radical (unpaired) electrons. The molecule has 3 aromatic rings. The van der Waals surface area contributed by atoms with Gasteiger partial charge in [0.05, 0.1) is 11.8 Å². The molecule has 0 saturated carbocycles. The Bertz CT molecular complexity index is 679. The third kappa shape index (κ3) is 1.55. The Labute approximate surface area is 109 Å². The lowest BCUT2D eigenvalue weighted by atomic mass is 10.1. The van der Waals surface area contributed by atoms with Crippen LogP contribution in [0.1, 0.15) is 5.76 Å². The summed E-state index contributed by atoms with van der Waals surface area (Å²) in [5.74, 6) is 1.53. The monoisotopic (exact) mass is 259 g/mol. The van der Waals surface area contributed by atoms with E-state index in [1.165, 1.54) is 0 Å². The zero-order valence-electron chi connectivity index (χ0n) is 10.2. The fourth-order valence-corrected chi connectivity index (χ4v) is 2.80. The van der Waals surface area contributed by atoms with Crippen molar-refractivity contribution in [3.05, 3.63) is 35.6 Å². The fourth-order valence-electron chi connectivity index (χ4n) is 2.02. The minimum absolute atomic E-state index is 0.674. The van der Waals surface area contributed by atoms with E-state index in [9.17, 15) is 0 Å². The van der Waals surface area contributed by atoms with Gasteiger partial charge in [0.15, 0.2) is 0 Å². The second-order valence-electron chi connectivity index (χ2n) is 4.10. The number of hydrogen-bond donors (Lipinski definition) is 1. The van der Waals surface area contributed by atoms with Gasteiger partial charge in [-0.05, 0) is 24.4 Å². The minimum Gasteiger partial charge on any atom is -0.469 e. The van der Waals surface area contributed by atoms with Gasteiger partial charge in [-0.1, -0.05) is 6.07 Å². The highest BCUT2D eigenvalue weighted by Crippen LogP contribution is 2.39. The van der Waals surface area contributed by atoms with E-state index in [1.54, 1.807) is 22.3 Å². The van der Waals surface area contributed by atoms with Crippen LogP contribution in [0.3, 0.4) is 0 Å². The number of aromatic nitrogens is 2. The Morgan fingerprint density at radius 2 is 2.22 bits per heavy atom. The van der Waals surface area contributed by atoms with E-state index < -0.39 is 0 Å². The quantitative estimate of drug-likeness (QED) is 0.768. The second kappa shape index (κ2) is 4.03. The van der Waals surface area contributed by atoms with Crippen molar-refractivity contribution in [3.8, 4) is 21.7 Å². The Kier molecular flexibility index (Phi) is 2.48. The van der Waals surface area contributed by atoms with Crippen molar-refractivity contribution in [2.75, 3.05) is 5.73 Å². The number of nitrogens with zero attached hydrogens (tertiary/aromatic N) is 2. The van der Waals surface area contributed by atoms with Gasteiger partial charge in [-0.2, -0.15) is 5.10 Å². The number of anilines is 1. The molecule has 0 aliphatic carbocycles. The van der Waals surface area contributed by atoms with Gasteiger partial charge in [-0.25, -0.2) is 0 Å². The number of aryl methyl sites for hydroxylation is 2. The Morgan fingerprint density at radius 3 is 2.83 bits per heavy atom. The van der Waals surface area contributed by atoms with Gasteiger partial charge in [0.2, 0.25) is 0 Å². The molecule has 0 unspecified atom stereocenters. The molecule has 3 rings (SSSR count). The highest BCUT2D eigenvalue weighted by atomic mass is 32.1. The first-order chi connectivity index (χ1) is 8.68. The summed E-state index contributed by atoms with van der Waals surface area (Å²) >= 11 is 1.66. The van der Waals surface area contributed by atoms with E-state index in [1.807, 2.05) is 31.5 Å². The van der Waals surface area contributed by atoms with E-state index in [2.05, 4.69) is 11.2 Å². The lowest BCUT2D eigenvalue weighted by Gasteiger charge is -2.00. The number of furan rings is 1. The highest BCUT2D eigenvalue weighted by Gasteiger charge is 2.20. The van der Waals surface area contributed by atoms with Crippen LogP contribution in [0.15, 0.2) is 34.3 Å². The maximum atomic E-state index is 6.13. The topological polar surface area (TPSA) is 57.0 Å². The van der Waals surface area contributed by atoms with Gasteiger partial charge in [0.25, 0.3) is 0 Å². The first-order valence-corrected chi connectivity index (χ1v) is 6.47. The zero-order valence-corrected chi connectivity index (χ0v) is 11.0. The zero-order chi connectivity index (χ0) is 12.7. The largest absolute Gasteiger partial charge is 0.469 e. The number of nitrogen functional groups attached to an aromatic ring is 1. The molecule has 0 saturated heterocycles. The molecule has 0 aliphatic heterocycles. The molecule has 0 spiro atoms. The molecular formula is C13H13N3OS. The molecular weight excluding hydrogens is 246 g/mol. The first-order valence-electron chi connectivity index (χ1n) is 5.59. The molecule has 0 aliphatic rings. The molecule has 0 aromatic carbocycles. The van der Waals surface area contributed by atoms with Gasteiger partial charge in [0, 0.05) is 17.5 Å². The summed E-state index contributed by atoms with van der Waals surface area (Å²) in [7, 11) is 1.85. The lowest BCUT2D eigenvalue weighted by Crippen LogP contribution is -1.97. The third-order valence-electron chi connectivity index (χ3n) is 2.97. The summed E-state index contributed by atoms with van der Waals surface area (Å²) < 4.78 is 7.06. The Morgan fingerprint density at radius 1 is 1.39 bits per heavy atom. The van der Waals surface area contributed by atoms with Gasteiger partial charge in [0.1, 0.15) is 17.3 Å². The van der Waals surface area contributed by atoms with E-state index in [0.717, 1.165) is 27.5 Å². The predicted molar refractivity (Wildman–Crippen MR) is 73.4 cm³/mol. The normalized spacial score (nSPS) is 11.0. The average molecular weight is 259 g/mol. The van der Waals surface area contributed by atoms with E-state index in [0.29, 0.717) is 5.82 Å². The van der Waals surface area contributed by atoms with Crippen molar-refractivity contribution >= 4 is 17.2 Å². The summed E-state index contributed by atoms with van der Waals surface area (Å²) in [6.45, 7) is 1.93. The SMILES string of the molecule is Cc1occc1-c1nn(C)c(N)c1-c1cccs1. The van der Waals surface area contributed by atoms with Crippen molar-refractivity contribution in [3.63, 3.8) is 0 Å². The van der Waals surface area contributed by atoms with Crippen LogP contribution in [0.4, 0.5) is 5.82 Å². The summed E-state index contributed by atoms with van der Waals surface area (Å²) in [4.78, 5) is 1.12. The second-order valence-corrected chi connectivity index (χ2v) is 5.05. The van der Waals surface area contributed by atoms with Crippen LogP contribution in [-0.4, -0.2) is 9.78 Å². The predicted octanol–water partition coefficient (Wildman–Crippen LogP) is 3.30.